The van der Waals surface area contributed by atoms with E-state index >= 15 is 0 Å². The van der Waals surface area contributed by atoms with Gasteiger partial charge in [0, 0.05) is 0 Å². The van der Waals surface area contributed by atoms with Crippen LogP contribution in [0.3, 0.4) is 0 Å². The van der Waals surface area contributed by atoms with E-state index in [4.69, 9.17) is 9.05 Å². The molecule has 18 heavy (non-hydrogen) atoms. The average Bonchev–Trinajstić information content (AvgIpc) is 2.40. The van der Waals surface area contributed by atoms with Crippen LogP contribution in [0.2, 0.25) is 0 Å². The van der Waals surface area contributed by atoms with E-state index in [1.165, 1.54) is 0 Å². The van der Waals surface area contributed by atoms with Crippen molar-refractivity contribution in [2.75, 3.05) is 13.2 Å². The molecule has 0 amide bonds. The Balaban J connectivity index is 3.03. The lowest BCUT2D eigenvalue weighted by atomic mass is 10.1. The fourth-order valence-electron chi connectivity index (χ4n) is 1.62. The van der Waals surface area contributed by atoms with Crippen LogP contribution in [0.4, 0.5) is 0 Å². The maximum Gasteiger partial charge on any atom is 0.198 e. The van der Waals surface area contributed by atoms with Gasteiger partial charge in [-0.05, 0) is 26.3 Å². The second-order valence-corrected chi connectivity index (χ2v) is 5.92. The lowest BCUT2D eigenvalue weighted by Crippen LogP contribution is -2.43. The van der Waals surface area contributed by atoms with E-state index in [1.807, 2.05) is 51.1 Å². The van der Waals surface area contributed by atoms with Gasteiger partial charge in [-0.25, -0.2) is 10.3 Å². The molecule has 2 N–H and O–H groups in total. The first-order valence-electron chi connectivity index (χ1n) is 5.96. The Morgan fingerprint density at radius 3 is 2.17 bits per heavy atom. The number of hydrogen-bond acceptors (Lipinski definition) is 5. The highest BCUT2D eigenvalue weighted by atomic mass is 32.1. The fourth-order valence-corrected chi connectivity index (χ4v) is 3.50. The Morgan fingerprint density at radius 2 is 1.72 bits per heavy atom. The van der Waals surface area contributed by atoms with Crippen LogP contribution in [0.1, 0.15) is 26.3 Å². The molecule has 0 heterocycles. The van der Waals surface area contributed by atoms with E-state index in [9.17, 15) is 0 Å². The quantitative estimate of drug-likeness (QED) is 0.390. The Hall–Kier alpha value is -0.160. The molecule has 0 saturated carbocycles. The molecule has 0 saturated heterocycles. The first-order valence-corrected chi connectivity index (χ1v) is 7.59. The number of hydrazine groups is 1. The summed E-state index contributed by atoms with van der Waals surface area (Å²) >= 11 is 4.03. The predicted octanol–water partition coefficient (Wildman–Crippen LogP) is 3.18. The summed E-state index contributed by atoms with van der Waals surface area (Å²) in [7, 11) is -1.11. The first-order chi connectivity index (χ1) is 8.69. The maximum atomic E-state index is 5.76. The Bertz CT molecular complexity index is 336. The van der Waals surface area contributed by atoms with Gasteiger partial charge in [-0.2, -0.15) is 0 Å². The molecule has 4 nitrogen and oxygen atoms in total. The van der Waals surface area contributed by atoms with Crippen molar-refractivity contribution in [3.8, 4) is 0 Å². The normalized spacial score (nSPS) is 14.7. The Morgan fingerprint density at radius 1 is 1.17 bits per heavy atom. The van der Waals surface area contributed by atoms with Gasteiger partial charge in [-0.15, -0.1) is 0 Å². The zero-order chi connectivity index (χ0) is 13.4. The van der Waals surface area contributed by atoms with Crippen LogP contribution in [0.15, 0.2) is 30.3 Å². The molecule has 0 unspecified atom stereocenters. The van der Waals surface area contributed by atoms with Gasteiger partial charge in [0.25, 0.3) is 0 Å². The summed E-state index contributed by atoms with van der Waals surface area (Å²) in [6.45, 7) is 7.20. The molecular formula is C12H21N2O2PS. The number of nitrogens with one attached hydrogen (secondary N) is 2. The third kappa shape index (κ3) is 3.92. The highest BCUT2D eigenvalue weighted by molar-refractivity contribution is 7.78. The minimum Gasteiger partial charge on any atom is -0.333 e. The lowest BCUT2D eigenvalue weighted by Gasteiger charge is -2.36. The van der Waals surface area contributed by atoms with Crippen molar-refractivity contribution in [2.45, 2.75) is 26.1 Å². The molecule has 0 aliphatic heterocycles. The second-order valence-electron chi connectivity index (χ2n) is 3.77. The predicted molar refractivity (Wildman–Crippen MR) is 79.2 cm³/mol. The minimum absolute atomic E-state index is 0.454. The molecule has 6 heteroatoms. The molecule has 1 rings (SSSR count). The number of benzene rings is 1. The summed E-state index contributed by atoms with van der Waals surface area (Å²) in [5, 5.41) is -0.454. The van der Waals surface area contributed by atoms with E-state index in [0.717, 1.165) is 5.56 Å². The van der Waals surface area contributed by atoms with Crippen LogP contribution in [-0.2, 0) is 14.3 Å². The smallest absolute Gasteiger partial charge is 0.198 e. The number of rotatable bonds is 8. The van der Waals surface area contributed by atoms with Crippen molar-refractivity contribution >= 4 is 21.2 Å². The SMILES string of the molecule is CCOP(OCC)[C@@](C)(NNS)c1ccccc1. The van der Waals surface area contributed by atoms with Crippen LogP contribution in [0.25, 0.3) is 0 Å². The van der Waals surface area contributed by atoms with Crippen LogP contribution in [0.5, 0.6) is 0 Å². The molecule has 0 aliphatic rings. The summed E-state index contributed by atoms with van der Waals surface area (Å²) in [6, 6.07) is 10.1. The molecule has 1 aromatic rings. The third-order valence-electron chi connectivity index (χ3n) is 2.49. The van der Waals surface area contributed by atoms with Gasteiger partial charge in [0.1, 0.15) is 5.28 Å². The largest absolute Gasteiger partial charge is 0.333 e. The molecule has 0 spiro atoms. The molecule has 0 aromatic heterocycles. The first kappa shape index (κ1) is 15.9. The van der Waals surface area contributed by atoms with Gasteiger partial charge >= 0.3 is 0 Å². The monoisotopic (exact) mass is 288 g/mol. The summed E-state index contributed by atoms with van der Waals surface area (Å²) < 4.78 is 11.5. The highest BCUT2D eigenvalue weighted by Crippen LogP contribution is 2.55. The third-order valence-corrected chi connectivity index (χ3v) is 4.69. The van der Waals surface area contributed by atoms with Crippen LogP contribution in [0, 0.1) is 0 Å². The van der Waals surface area contributed by atoms with Gasteiger partial charge in [0.15, 0.2) is 8.38 Å². The van der Waals surface area contributed by atoms with Crippen LogP contribution < -0.4 is 10.3 Å². The van der Waals surface area contributed by atoms with E-state index in [1.54, 1.807) is 0 Å². The van der Waals surface area contributed by atoms with Gasteiger partial charge in [-0.3, -0.25) is 0 Å². The van der Waals surface area contributed by atoms with Crippen molar-refractivity contribution in [3.63, 3.8) is 0 Å². The van der Waals surface area contributed by atoms with E-state index in [0.29, 0.717) is 13.2 Å². The molecule has 102 valence electrons. The second kappa shape index (κ2) is 8.10. The molecule has 1 aromatic carbocycles. The van der Waals surface area contributed by atoms with E-state index in [2.05, 4.69) is 23.1 Å². The van der Waals surface area contributed by atoms with Gasteiger partial charge in [0.05, 0.1) is 13.2 Å². The van der Waals surface area contributed by atoms with Crippen molar-refractivity contribution in [1.29, 1.82) is 0 Å². The highest BCUT2D eigenvalue weighted by Gasteiger charge is 2.38. The van der Waals surface area contributed by atoms with Gasteiger partial charge in [-0.1, -0.05) is 43.1 Å². The zero-order valence-corrected chi connectivity index (χ0v) is 12.8. The average molecular weight is 288 g/mol. The van der Waals surface area contributed by atoms with E-state index < -0.39 is 13.7 Å². The molecule has 0 fully saturated rings. The minimum atomic E-state index is -1.11. The van der Waals surface area contributed by atoms with Crippen molar-refractivity contribution in [3.05, 3.63) is 35.9 Å². The standard InChI is InChI=1S/C12H21N2O2PS/c1-4-15-17(16-5-2)12(3,13-14-18)11-9-7-6-8-10-11/h6-10,13-14,18H,4-5H2,1-3H3/t12-/m1/s1. The van der Waals surface area contributed by atoms with E-state index in [-0.39, 0.29) is 0 Å². The molecule has 0 aliphatic carbocycles. The number of thiol groups is 1. The van der Waals surface area contributed by atoms with Crippen molar-refractivity contribution in [1.82, 2.24) is 10.3 Å². The molecule has 0 bridgehead atoms. The summed E-state index contributed by atoms with van der Waals surface area (Å²) in [5.74, 6) is 0. The van der Waals surface area contributed by atoms with Gasteiger partial charge < -0.3 is 9.05 Å². The Kier molecular flexibility index (Phi) is 7.15. The van der Waals surface area contributed by atoms with Crippen molar-refractivity contribution < 1.29 is 9.05 Å². The summed E-state index contributed by atoms with van der Waals surface area (Å²) in [5.41, 5.74) is 4.23. The topological polar surface area (TPSA) is 42.5 Å². The Labute approximate surface area is 116 Å². The van der Waals surface area contributed by atoms with Gasteiger partial charge in [0.2, 0.25) is 0 Å². The number of hydrogen-bond donors (Lipinski definition) is 3. The maximum absolute atomic E-state index is 5.76. The molecule has 0 radical (unpaired) electrons. The zero-order valence-electron chi connectivity index (χ0n) is 11.0. The summed E-state index contributed by atoms with van der Waals surface area (Å²) in [4.78, 5) is 2.70. The van der Waals surface area contributed by atoms with Crippen LogP contribution >= 0.6 is 21.2 Å². The summed E-state index contributed by atoms with van der Waals surface area (Å²) in [6.07, 6.45) is 0. The fraction of sp³-hybridized carbons (Fsp3) is 0.500. The lowest BCUT2D eigenvalue weighted by molar-refractivity contribution is 0.238. The van der Waals surface area contributed by atoms with Crippen molar-refractivity contribution in [2.24, 2.45) is 0 Å². The van der Waals surface area contributed by atoms with Crippen LogP contribution in [-0.4, -0.2) is 13.2 Å². The molecular weight excluding hydrogens is 267 g/mol. The molecule has 1 atom stereocenters.